The van der Waals surface area contributed by atoms with E-state index in [4.69, 9.17) is 4.74 Å². The highest BCUT2D eigenvalue weighted by Gasteiger charge is 2.37. The molecule has 0 bridgehead atoms. The van der Waals surface area contributed by atoms with Gasteiger partial charge in [-0.05, 0) is 48.4 Å². The van der Waals surface area contributed by atoms with Crippen LogP contribution in [-0.2, 0) is 9.59 Å². The van der Waals surface area contributed by atoms with Crippen molar-refractivity contribution < 1.29 is 19.1 Å². The molecule has 2 heterocycles. The monoisotopic (exact) mass is 415 g/mol. The first-order valence-corrected chi connectivity index (χ1v) is 9.99. The first-order chi connectivity index (χ1) is 15.0. The minimum atomic E-state index is -0.799. The molecule has 31 heavy (non-hydrogen) atoms. The Labute approximate surface area is 179 Å². The van der Waals surface area contributed by atoms with Crippen molar-refractivity contribution in [2.24, 2.45) is 0 Å². The quantitative estimate of drug-likeness (QED) is 0.501. The lowest BCUT2D eigenvalue weighted by molar-refractivity contribution is -0.122. The molecule has 3 aromatic rings. The summed E-state index contributed by atoms with van der Waals surface area (Å²) >= 11 is 0. The van der Waals surface area contributed by atoms with Gasteiger partial charge in [0.1, 0.15) is 11.3 Å². The number of hydrogen-bond acceptors (Lipinski definition) is 5. The lowest BCUT2D eigenvalue weighted by atomic mass is 9.99. The number of aromatic nitrogens is 1. The second kappa shape index (κ2) is 8.39. The maximum Gasteiger partial charge on any atom is 0.335 e. The van der Waals surface area contributed by atoms with Crippen molar-refractivity contribution in [2.45, 2.75) is 26.4 Å². The van der Waals surface area contributed by atoms with E-state index >= 15 is 0 Å². The number of fused-ring (bicyclic) bond motifs is 1. The SMILES string of the molecule is CC[C@@H](C)Oc1ccc2ccccc2c1/C=C1\C(=O)NC(=O)N(c2ccncc2)C1=O. The van der Waals surface area contributed by atoms with Gasteiger partial charge in [0.25, 0.3) is 11.8 Å². The van der Waals surface area contributed by atoms with E-state index in [0.29, 0.717) is 17.0 Å². The van der Waals surface area contributed by atoms with Crippen LogP contribution in [0.15, 0.2) is 66.5 Å². The molecule has 7 nitrogen and oxygen atoms in total. The highest BCUT2D eigenvalue weighted by molar-refractivity contribution is 6.39. The maximum atomic E-state index is 13.2. The molecule has 0 radical (unpaired) electrons. The zero-order valence-corrected chi connectivity index (χ0v) is 17.2. The molecule has 4 amide bonds. The van der Waals surface area contributed by atoms with Crippen LogP contribution < -0.4 is 15.0 Å². The number of imide groups is 2. The van der Waals surface area contributed by atoms with Gasteiger partial charge >= 0.3 is 6.03 Å². The average molecular weight is 415 g/mol. The third-order valence-electron chi connectivity index (χ3n) is 5.15. The Balaban J connectivity index is 1.86. The first-order valence-electron chi connectivity index (χ1n) is 9.99. The van der Waals surface area contributed by atoms with E-state index in [9.17, 15) is 14.4 Å². The summed E-state index contributed by atoms with van der Waals surface area (Å²) in [6, 6.07) is 13.7. The number of anilines is 1. The highest BCUT2D eigenvalue weighted by atomic mass is 16.5. The molecule has 0 unspecified atom stereocenters. The van der Waals surface area contributed by atoms with Crippen molar-refractivity contribution in [3.8, 4) is 5.75 Å². The summed E-state index contributed by atoms with van der Waals surface area (Å²) in [7, 11) is 0. The molecule has 1 N–H and O–H groups in total. The van der Waals surface area contributed by atoms with Crippen molar-refractivity contribution in [3.05, 3.63) is 72.1 Å². The Kier molecular flexibility index (Phi) is 5.49. The van der Waals surface area contributed by atoms with Gasteiger partial charge < -0.3 is 4.74 Å². The second-order valence-corrected chi connectivity index (χ2v) is 7.20. The number of pyridine rings is 1. The highest BCUT2D eigenvalue weighted by Crippen LogP contribution is 2.32. The number of hydrogen-bond donors (Lipinski definition) is 1. The molecule has 1 aliphatic rings. The Bertz CT molecular complexity index is 1200. The number of benzene rings is 2. The maximum absolute atomic E-state index is 13.2. The van der Waals surface area contributed by atoms with Crippen molar-refractivity contribution in [2.75, 3.05) is 4.90 Å². The summed E-state index contributed by atoms with van der Waals surface area (Å²) in [4.78, 5) is 43.0. The van der Waals surface area contributed by atoms with Gasteiger partial charge in [-0.3, -0.25) is 19.9 Å². The van der Waals surface area contributed by atoms with Gasteiger partial charge in [0.05, 0.1) is 11.8 Å². The number of nitrogens with one attached hydrogen (secondary N) is 1. The predicted molar refractivity (Wildman–Crippen MR) is 118 cm³/mol. The molecule has 0 spiro atoms. The van der Waals surface area contributed by atoms with Crippen LogP contribution in [0.25, 0.3) is 16.8 Å². The summed E-state index contributed by atoms with van der Waals surface area (Å²) in [6.07, 6.45) is 5.19. The van der Waals surface area contributed by atoms with Crippen LogP contribution in [0.2, 0.25) is 0 Å². The molecule has 1 aromatic heterocycles. The summed E-state index contributed by atoms with van der Waals surface area (Å²) in [5.41, 5.74) is 0.785. The molecule has 4 rings (SSSR count). The fourth-order valence-electron chi connectivity index (χ4n) is 3.36. The van der Waals surface area contributed by atoms with E-state index in [0.717, 1.165) is 22.1 Å². The van der Waals surface area contributed by atoms with Gasteiger partial charge in [0, 0.05) is 18.0 Å². The standard InChI is InChI=1S/C24H21N3O4/c1-3-15(2)31-21-9-8-16-6-4-5-7-18(16)19(21)14-20-22(28)26-24(30)27(23(20)29)17-10-12-25-13-11-17/h4-15H,3H2,1-2H3,(H,26,28,30)/b20-14+/t15-/m1/s1. The zero-order valence-electron chi connectivity index (χ0n) is 17.2. The first kappa shape index (κ1) is 20.3. The summed E-state index contributed by atoms with van der Waals surface area (Å²) in [5, 5.41) is 4.02. The van der Waals surface area contributed by atoms with Gasteiger partial charge in [0.2, 0.25) is 0 Å². The molecular weight excluding hydrogens is 394 g/mol. The number of urea groups is 1. The number of amides is 4. The molecule has 2 aromatic carbocycles. The van der Waals surface area contributed by atoms with Crippen molar-refractivity contribution in [1.29, 1.82) is 0 Å². The van der Waals surface area contributed by atoms with E-state index in [1.165, 1.54) is 30.6 Å². The topological polar surface area (TPSA) is 88.6 Å². The average Bonchev–Trinajstić information content (AvgIpc) is 2.78. The number of carbonyl (C=O) groups excluding carboxylic acids is 3. The fourth-order valence-corrected chi connectivity index (χ4v) is 3.36. The van der Waals surface area contributed by atoms with Gasteiger partial charge in [-0.2, -0.15) is 0 Å². The second-order valence-electron chi connectivity index (χ2n) is 7.20. The molecule has 7 heteroatoms. The smallest absolute Gasteiger partial charge is 0.335 e. The summed E-state index contributed by atoms with van der Waals surface area (Å²) < 4.78 is 6.07. The predicted octanol–water partition coefficient (Wildman–Crippen LogP) is 4.08. The van der Waals surface area contributed by atoms with Crippen LogP contribution in [-0.4, -0.2) is 28.9 Å². The van der Waals surface area contributed by atoms with Gasteiger partial charge in [-0.25, -0.2) is 9.69 Å². The number of ether oxygens (including phenoxy) is 1. The molecule has 1 saturated heterocycles. The number of carbonyl (C=O) groups is 3. The van der Waals surface area contributed by atoms with Crippen LogP contribution in [0.5, 0.6) is 5.75 Å². The largest absolute Gasteiger partial charge is 0.490 e. The molecule has 1 fully saturated rings. The summed E-state index contributed by atoms with van der Waals surface area (Å²) in [5.74, 6) is -0.890. The third kappa shape index (κ3) is 3.90. The van der Waals surface area contributed by atoms with E-state index in [2.05, 4.69) is 10.3 Å². The van der Waals surface area contributed by atoms with E-state index in [-0.39, 0.29) is 11.7 Å². The minimum Gasteiger partial charge on any atom is -0.490 e. The zero-order chi connectivity index (χ0) is 22.0. The van der Waals surface area contributed by atoms with Crippen molar-refractivity contribution >= 4 is 40.4 Å². The molecule has 156 valence electrons. The van der Waals surface area contributed by atoms with Gasteiger partial charge in [0.15, 0.2) is 0 Å². The van der Waals surface area contributed by atoms with E-state index < -0.39 is 17.8 Å². The van der Waals surface area contributed by atoms with Crippen molar-refractivity contribution in [1.82, 2.24) is 10.3 Å². The molecule has 1 atom stereocenters. The Morgan fingerprint density at radius 1 is 1.06 bits per heavy atom. The Hall–Kier alpha value is -4.00. The van der Waals surface area contributed by atoms with Crippen LogP contribution in [0.1, 0.15) is 25.8 Å². The molecular formula is C24H21N3O4. The Morgan fingerprint density at radius 2 is 1.81 bits per heavy atom. The number of nitrogens with zero attached hydrogens (tertiary/aromatic N) is 2. The van der Waals surface area contributed by atoms with Crippen LogP contribution >= 0.6 is 0 Å². The molecule has 0 aliphatic carbocycles. The van der Waals surface area contributed by atoms with Gasteiger partial charge in [-0.15, -0.1) is 0 Å². The van der Waals surface area contributed by atoms with Crippen LogP contribution in [0.3, 0.4) is 0 Å². The normalized spacial score (nSPS) is 16.5. The van der Waals surface area contributed by atoms with E-state index in [1.807, 2.05) is 50.2 Å². The van der Waals surface area contributed by atoms with E-state index in [1.54, 1.807) is 0 Å². The Morgan fingerprint density at radius 3 is 2.55 bits per heavy atom. The van der Waals surface area contributed by atoms with Crippen molar-refractivity contribution in [3.63, 3.8) is 0 Å². The van der Waals surface area contributed by atoms with Gasteiger partial charge in [-0.1, -0.05) is 37.3 Å². The minimum absolute atomic E-state index is 0.0518. The summed E-state index contributed by atoms with van der Waals surface area (Å²) in [6.45, 7) is 3.97. The fraction of sp³-hybridized carbons (Fsp3) is 0.167. The molecule has 0 saturated carbocycles. The lowest BCUT2D eigenvalue weighted by Gasteiger charge is -2.26. The number of rotatable bonds is 5. The lowest BCUT2D eigenvalue weighted by Crippen LogP contribution is -2.54. The van der Waals surface area contributed by atoms with Crippen LogP contribution in [0, 0.1) is 0 Å². The molecule has 1 aliphatic heterocycles. The number of barbiturate groups is 1. The van der Waals surface area contributed by atoms with Crippen LogP contribution in [0.4, 0.5) is 10.5 Å². The third-order valence-corrected chi connectivity index (χ3v) is 5.15.